The first-order valence-electron chi connectivity index (χ1n) is 10.7. The summed E-state index contributed by atoms with van der Waals surface area (Å²) < 4.78 is 10.8. The average molecular weight is 400 g/mol. The molecular formula is C22H33N5O2. The van der Waals surface area contributed by atoms with Crippen molar-refractivity contribution in [2.75, 3.05) is 57.6 Å². The van der Waals surface area contributed by atoms with Crippen LogP contribution in [0.25, 0.3) is 10.9 Å². The van der Waals surface area contributed by atoms with E-state index in [0.717, 1.165) is 35.9 Å². The van der Waals surface area contributed by atoms with Crippen molar-refractivity contribution in [3.05, 3.63) is 12.1 Å². The first-order valence-corrected chi connectivity index (χ1v) is 10.7. The highest BCUT2D eigenvalue weighted by molar-refractivity contribution is 5.91. The molecule has 0 bridgehead atoms. The molecule has 1 unspecified atom stereocenters. The number of aromatic nitrogens is 2. The van der Waals surface area contributed by atoms with Crippen LogP contribution in [0.3, 0.4) is 0 Å². The molecule has 2 saturated heterocycles. The van der Waals surface area contributed by atoms with E-state index in [9.17, 15) is 0 Å². The minimum absolute atomic E-state index is 0.484. The largest absolute Gasteiger partial charge is 0.493 e. The number of piperidine rings is 2. The second kappa shape index (κ2) is 8.61. The summed E-state index contributed by atoms with van der Waals surface area (Å²) in [6, 6.07) is 3.73. The maximum absolute atomic E-state index is 6.29. The van der Waals surface area contributed by atoms with E-state index >= 15 is 0 Å². The van der Waals surface area contributed by atoms with Crippen molar-refractivity contribution in [3.63, 3.8) is 0 Å². The van der Waals surface area contributed by atoms with Gasteiger partial charge in [-0.2, -0.15) is 4.98 Å². The predicted molar refractivity (Wildman–Crippen MR) is 117 cm³/mol. The lowest BCUT2D eigenvalue weighted by Gasteiger charge is -2.38. The molecule has 2 aliphatic rings. The van der Waals surface area contributed by atoms with Crippen LogP contribution in [-0.4, -0.2) is 61.8 Å². The fourth-order valence-corrected chi connectivity index (χ4v) is 4.61. The maximum atomic E-state index is 6.29. The Labute approximate surface area is 173 Å². The summed E-state index contributed by atoms with van der Waals surface area (Å²) in [4.78, 5) is 14.4. The van der Waals surface area contributed by atoms with Gasteiger partial charge in [0.05, 0.1) is 19.7 Å². The summed E-state index contributed by atoms with van der Waals surface area (Å²) in [7, 11) is 3.25. The predicted octanol–water partition coefficient (Wildman–Crippen LogP) is 3.18. The van der Waals surface area contributed by atoms with Crippen LogP contribution in [0.1, 0.15) is 32.6 Å². The van der Waals surface area contributed by atoms with Gasteiger partial charge in [-0.25, -0.2) is 4.98 Å². The molecule has 29 heavy (non-hydrogen) atoms. The van der Waals surface area contributed by atoms with Crippen LogP contribution in [0.5, 0.6) is 11.5 Å². The number of benzene rings is 1. The van der Waals surface area contributed by atoms with Crippen LogP contribution in [0.4, 0.5) is 11.8 Å². The Morgan fingerprint density at radius 3 is 2.48 bits per heavy atom. The molecule has 2 N–H and O–H groups in total. The number of nitrogen functional groups attached to an aromatic ring is 1. The minimum atomic E-state index is 0.484. The van der Waals surface area contributed by atoms with E-state index < -0.39 is 0 Å². The van der Waals surface area contributed by atoms with Crippen molar-refractivity contribution in [2.24, 2.45) is 11.8 Å². The molecule has 0 saturated carbocycles. The number of hydrogen-bond donors (Lipinski definition) is 1. The van der Waals surface area contributed by atoms with Gasteiger partial charge in [0.15, 0.2) is 11.5 Å². The van der Waals surface area contributed by atoms with Crippen LogP contribution in [-0.2, 0) is 0 Å². The van der Waals surface area contributed by atoms with Crippen LogP contribution in [0, 0.1) is 11.8 Å². The number of fused-ring (bicyclic) bond motifs is 1. The molecule has 2 fully saturated rings. The van der Waals surface area contributed by atoms with Gasteiger partial charge < -0.3 is 25.0 Å². The fraction of sp³-hybridized carbons (Fsp3) is 0.636. The van der Waals surface area contributed by atoms with Crippen molar-refractivity contribution >= 4 is 22.7 Å². The van der Waals surface area contributed by atoms with Gasteiger partial charge in [0, 0.05) is 31.1 Å². The zero-order valence-corrected chi connectivity index (χ0v) is 17.9. The van der Waals surface area contributed by atoms with Crippen molar-refractivity contribution in [1.82, 2.24) is 14.9 Å². The number of nitrogens with two attached hydrogens (primary N) is 1. The highest BCUT2D eigenvalue weighted by atomic mass is 16.5. The van der Waals surface area contributed by atoms with E-state index in [-0.39, 0.29) is 0 Å². The van der Waals surface area contributed by atoms with E-state index in [1.165, 1.54) is 45.3 Å². The van der Waals surface area contributed by atoms with Crippen molar-refractivity contribution in [1.29, 1.82) is 0 Å². The zero-order chi connectivity index (χ0) is 20.4. The Morgan fingerprint density at radius 1 is 1.03 bits per heavy atom. The van der Waals surface area contributed by atoms with Gasteiger partial charge in [0.1, 0.15) is 5.82 Å². The van der Waals surface area contributed by atoms with E-state index in [2.05, 4.69) is 21.7 Å². The molecule has 0 radical (unpaired) electrons. The summed E-state index contributed by atoms with van der Waals surface area (Å²) in [5, 5.41) is 0.794. The van der Waals surface area contributed by atoms with Crippen LogP contribution >= 0.6 is 0 Å². The average Bonchev–Trinajstić information content (AvgIpc) is 2.74. The topological polar surface area (TPSA) is 76.7 Å². The minimum Gasteiger partial charge on any atom is -0.493 e. The SMILES string of the molecule is COc1cc2nc(N3CCCC(CN4CCC(C)CC4)C3)nc(N)c2cc1OC. The van der Waals surface area contributed by atoms with Gasteiger partial charge in [-0.3, -0.25) is 0 Å². The first kappa shape index (κ1) is 20.0. The number of rotatable bonds is 5. The Morgan fingerprint density at radius 2 is 1.76 bits per heavy atom. The van der Waals surface area contributed by atoms with Crippen molar-refractivity contribution < 1.29 is 9.47 Å². The molecule has 2 aliphatic heterocycles. The molecule has 1 aromatic carbocycles. The summed E-state index contributed by atoms with van der Waals surface area (Å²) in [5.41, 5.74) is 7.08. The Hall–Kier alpha value is -2.28. The van der Waals surface area contributed by atoms with Crippen LogP contribution < -0.4 is 20.1 Å². The quantitative estimate of drug-likeness (QED) is 0.827. The lowest BCUT2D eigenvalue weighted by molar-refractivity contribution is 0.159. The molecule has 4 rings (SSSR count). The number of hydrogen-bond acceptors (Lipinski definition) is 7. The molecule has 0 aliphatic carbocycles. The number of likely N-dealkylation sites (tertiary alicyclic amines) is 1. The van der Waals surface area contributed by atoms with Crippen molar-refractivity contribution in [3.8, 4) is 11.5 Å². The first-order chi connectivity index (χ1) is 14.1. The number of anilines is 2. The van der Waals surface area contributed by atoms with Crippen LogP contribution in [0.15, 0.2) is 12.1 Å². The summed E-state index contributed by atoms with van der Waals surface area (Å²) in [5.74, 6) is 4.02. The second-order valence-electron chi connectivity index (χ2n) is 8.57. The molecule has 1 aromatic heterocycles. The molecule has 1 atom stereocenters. The molecule has 158 valence electrons. The van der Waals surface area contributed by atoms with Crippen molar-refractivity contribution in [2.45, 2.75) is 32.6 Å². The Kier molecular flexibility index (Phi) is 5.94. The van der Waals surface area contributed by atoms with E-state index in [0.29, 0.717) is 23.2 Å². The molecule has 2 aromatic rings. The fourth-order valence-electron chi connectivity index (χ4n) is 4.61. The molecule has 7 heteroatoms. The van der Waals surface area contributed by atoms with Gasteiger partial charge >= 0.3 is 0 Å². The highest BCUT2D eigenvalue weighted by Gasteiger charge is 2.26. The molecule has 3 heterocycles. The van der Waals surface area contributed by atoms with Crippen LogP contribution in [0.2, 0.25) is 0 Å². The lowest BCUT2D eigenvalue weighted by Crippen LogP contribution is -2.43. The van der Waals surface area contributed by atoms with Gasteiger partial charge in [-0.1, -0.05) is 6.92 Å². The van der Waals surface area contributed by atoms with Gasteiger partial charge in [-0.05, 0) is 56.7 Å². The van der Waals surface area contributed by atoms with E-state index in [1.54, 1.807) is 14.2 Å². The van der Waals surface area contributed by atoms with E-state index in [4.69, 9.17) is 20.2 Å². The van der Waals surface area contributed by atoms with E-state index in [1.807, 2.05) is 12.1 Å². The summed E-state index contributed by atoms with van der Waals surface area (Å²) in [6.45, 7) is 7.98. The third-order valence-electron chi connectivity index (χ3n) is 6.41. The molecule has 0 amide bonds. The molecular weight excluding hydrogens is 366 g/mol. The third kappa shape index (κ3) is 4.34. The monoisotopic (exact) mass is 399 g/mol. The third-order valence-corrected chi connectivity index (χ3v) is 6.41. The number of nitrogens with zero attached hydrogens (tertiary/aromatic N) is 4. The summed E-state index contributed by atoms with van der Waals surface area (Å²) in [6.07, 6.45) is 5.09. The smallest absolute Gasteiger partial charge is 0.227 e. The highest BCUT2D eigenvalue weighted by Crippen LogP contribution is 2.34. The zero-order valence-electron chi connectivity index (χ0n) is 17.9. The van der Waals surface area contributed by atoms with Gasteiger partial charge in [0.25, 0.3) is 0 Å². The number of methoxy groups -OCH3 is 2. The molecule has 7 nitrogen and oxygen atoms in total. The summed E-state index contributed by atoms with van der Waals surface area (Å²) >= 11 is 0. The second-order valence-corrected chi connectivity index (χ2v) is 8.57. The lowest BCUT2D eigenvalue weighted by atomic mass is 9.94. The number of ether oxygens (including phenoxy) is 2. The standard InChI is InChI=1S/C22H33N5O2/c1-15-6-9-26(10-7-15)13-16-5-4-8-27(14-16)22-24-18-12-20(29-3)19(28-2)11-17(18)21(23)25-22/h11-12,15-16H,4-10,13-14H2,1-3H3,(H2,23,24,25). The Bertz CT molecular complexity index is 851. The Balaban J connectivity index is 1.52. The maximum Gasteiger partial charge on any atom is 0.227 e. The normalized spacial score (nSPS) is 21.5. The molecule has 0 spiro atoms. The van der Waals surface area contributed by atoms with Gasteiger partial charge in [-0.15, -0.1) is 0 Å². The van der Waals surface area contributed by atoms with Gasteiger partial charge in [0.2, 0.25) is 5.95 Å².